The van der Waals surface area contributed by atoms with E-state index in [1.165, 1.54) is 12.1 Å². The second-order valence-corrected chi connectivity index (χ2v) is 8.45. The largest absolute Gasteiger partial charge is 0.478 e. The highest BCUT2D eigenvalue weighted by atomic mass is 19.1. The number of fused-ring (bicyclic) bond motifs is 3. The maximum atomic E-state index is 13.9. The smallest absolute Gasteiger partial charge is 0.408 e. The van der Waals surface area contributed by atoms with Crippen LogP contribution in [-0.4, -0.2) is 35.2 Å². The molecule has 2 aliphatic carbocycles. The van der Waals surface area contributed by atoms with Crippen LogP contribution in [0.15, 0.2) is 66.7 Å². The topological polar surface area (TPSA) is 105 Å². The van der Waals surface area contributed by atoms with Crippen molar-refractivity contribution < 1.29 is 28.6 Å². The summed E-state index contributed by atoms with van der Waals surface area (Å²) in [4.78, 5) is 36.8. The number of hydrogen-bond donors (Lipinski definition) is 3. The maximum Gasteiger partial charge on any atom is 0.408 e. The Morgan fingerprint density at radius 1 is 0.941 bits per heavy atom. The van der Waals surface area contributed by atoms with Crippen molar-refractivity contribution >= 4 is 23.7 Å². The Bertz CT molecular complexity index is 1270. The Morgan fingerprint density at radius 2 is 1.56 bits per heavy atom. The summed E-state index contributed by atoms with van der Waals surface area (Å²) in [5, 5.41) is 14.3. The first-order valence-electron chi connectivity index (χ1n) is 10.9. The third kappa shape index (κ3) is 3.77. The number of ether oxygens (including phenoxy) is 1. The van der Waals surface area contributed by atoms with Gasteiger partial charge in [0.2, 0.25) is 5.91 Å². The molecule has 2 amide bonds. The lowest BCUT2D eigenvalue weighted by molar-refractivity contribution is -0.119. The minimum absolute atomic E-state index is 0.102. The van der Waals surface area contributed by atoms with Crippen LogP contribution in [0.5, 0.6) is 0 Å². The molecule has 1 saturated carbocycles. The molecular formula is C26H21FN2O5. The van der Waals surface area contributed by atoms with Crippen molar-refractivity contribution in [2.45, 2.75) is 24.3 Å². The number of carbonyl (C=O) groups is 3. The van der Waals surface area contributed by atoms with Gasteiger partial charge in [-0.1, -0.05) is 54.6 Å². The lowest BCUT2D eigenvalue weighted by Crippen LogP contribution is -2.46. The van der Waals surface area contributed by atoms with Crippen LogP contribution >= 0.6 is 0 Å². The van der Waals surface area contributed by atoms with Gasteiger partial charge in [-0.3, -0.25) is 4.79 Å². The van der Waals surface area contributed by atoms with Crippen LogP contribution in [0.4, 0.5) is 14.9 Å². The van der Waals surface area contributed by atoms with E-state index in [4.69, 9.17) is 4.74 Å². The van der Waals surface area contributed by atoms with Gasteiger partial charge in [0.05, 0.1) is 5.69 Å². The SMILES string of the molecule is O=C(NC1(C(=O)Nc2cccc(F)c2C(=O)O)CC1)OCC1c2ccccc2-c2ccccc21. The van der Waals surface area contributed by atoms with Crippen molar-refractivity contribution in [3.05, 3.63) is 89.2 Å². The van der Waals surface area contributed by atoms with Crippen LogP contribution in [0.25, 0.3) is 11.1 Å². The van der Waals surface area contributed by atoms with Crippen LogP contribution in [-0.2, 0) is 9.53 Å². The molecule has 7 nitrogen and oxygen atoms in total. The van der Waals surface area contributed by atoms with Gasteiger partial charge in [0, 0.05) is 5.92 Å². The number of nitrogens with one attached hydrogen (secondary N) is 2. The van der Waals surface area contributed by atoms with E-state index in [1.54, 1.807) is 0 Å². The second kappa shape index (κ2) is 8.30. The molecule has 0 aliphatic heterocycles. The summed E-state index contributed by atoms with van der Waals surface area (Å²) in [6.45, 7) is 0.102. The first-order chi connectivity index (χ1) is 16.4. The van der Waals surface area contributed by atoms with Gasteiger partial charge in [0.1, 0.15) is 23.5 Å². The zero-order valence-corrected chi connectivity index (χ0v) is 18.0. The number of halogens is 1. The fourth-order valence-electron chi connectivity index (χ4n) is 4.45. The molecule has 1 fully saturated rings. The predicted octanol–water partition coefficient (Wildman–Crippen LogP) is 4.53. The van der Waals surface area contributed by atoms with Crippen molar-refractivity contribution in [1.82, 2.24) is 5.32 Å². The van der Waals surface area contributed by atoms with E-state index in [2.05, 4.69) is 10.6 Å². The number of benzene rings is 3. The summed E-state index contributed by atoms with van der Waals surface area (Å²) in [6.07, 6.45) is -0.0196. The van der Waals surface area contributed by atoms with Crippen molar-refractivity contribution in [1.29, 1.82) is 0 Å². The summed E-state index contributed by atoms with van der Waals surface area (Å²) < 4.78 is 19.4. The van der Waals surface area contributed by atoms with E-state index in [0.29, 0.717) is 12.8 Å². The highest BCUT2D eigenvalue weighted by molar-refractivity contribution is 6.06. The molecule has 0 heterocycles. The number of aromatic carboxylic acids is 1. The normalized spacial score (nSPS) is 15.1. The molecule has 8 heteroatoms. The third-order valence-electron chi connectivity index (χ3n) is 6.35. The number of amides is 2. The number of carbonyl (C=O) groups excluding carboxylic acids is 2. The molecule has 172 valence electrons. The van der Waals surface area contributed by atoms with Gasteiger partial charge >= 0.3 is 12.1 Å². The van der Waals surface area contributed by atoms with Gasteiger partial charge in [-0.05, 0) is 47.2 Å². The Balaban J connectivity index is 1.26. The van der Waals surface area contributed by atoms with Crippen molar-refractivity contribution in [2.75, 3.05) is 11.9 Å². The molecule has 0 saturated heterocycles. The molecule has 0 bridgehead atoms. The molecule has 3 N–H and O–H groups in total. The highest BCUT2D eigenvalue weighted by Gasteiger charge is 2.52. The molecule has 34 heavy (non-hydrogen) atoms. The van der Waals surface area contributed by atoms with E-state index < -0.39 is 34.9 Å². The molecule has 0 atom stereocenters. The van der Waals surface area contributed by atoms with E-state index in [0.717, 1.165) is 28.3 Å². The third-order valence-corrected chi connectivity index (χ3v) is 6.35. The zero-order valence-electron chi connectivity index (χ0n) is 18.0. The molecule has 0 unspecified atom stereocenters. The molecule has 5 rings (SSSR count). The summed E-state index contributed by atoms with van der Waals surface area (Å²) in [7, 11) is 0. The van der Waals surface area contributed by atoms with E-state index in [-0.39, 0.29) is 18.2 Å². The van der Waals surface area contributed by atoms with Gasteiger partial charge in [-0.15, -0.1) is 0 Å². The van der Waals surface area contributed by atoms with Crippen molar-refractivity contribution in [2.24, 2.45) is 0 Å². The molecule has 0 radical (unpaired) electrons. The molecule has 0 spiro atoms. The number of alkyl carbamates (subject to hydrolysis) is 1. The van der Waals surface area contributed by atoms with Crippen LogP contribution in [0, 0.1) is 5.82 Å². The Kier molecular flexibility index (Phi) is 5.28. The first kappa shape index (κ1) is 21.6. The number of anilines is 1. The quantitative estimate of drug-likeness (QED) is 0.501. The van der Waals surface area contributed by atoms with Crippen LogP contribution < -0.4 is 10.6 Å². The molecule has 3 aromatic carbocycles. The highest BCUT2D eigenvalue weighted by Crippen LogP contribution is 2.44. The van der Waals surface area contributed by atoms with Crippen LogP contribution in [0.2, 0.25) is 0 Å². The van der Waals surface area contributed by atoms with Gasteiger partial charge < -0.3 is 20.5 Å². The van der Waals surface area contributed by atoms with E-state index in [1.807, 2.05) is 48.5 Å². The maximum absolute atomic E-state index is 13.9. The minimum atomic E-state index is -1.50. The summed E-state index contributed by atoms with van der Waals surface area (Å²) >= 11 is 0. The lowest BCUT2D eigenvalue weighted by atomic mass is 9.98. The number of hydrogen-bond acceptors (Lipinski definition) is 4. The summed E-state index contributed by atoms with van der Waals surface area (Å²) in [5.41, 5.74) is 2.34. The van der Waals surface area contributed by atoms with Gasteiger partial charge in [-0.2, -0.15) is 0 Å². The van der Waals surface area contributed by atoms with Crippen molar-refractivity contribution in [3.63, 3.8) is 0 Å². The monoisotopic (exact) mass is 460 g/mol. The Morgan fingerprint density at radius 3 is 2.15 bits per heavy atom. The molecule has 0 aromatic heterocycles. The fraction of sp³-hybridized carbons (Fsp3) is 0.192. The minimum Gasteiger partial charge on any atom is -0.478 e. The second-order valence-electron chi connectivity index (χ2n) is 8.45. The van der Waals surface area contributed by atoms with Crippen molar-refractivity contribution in [3.8, 4) is 11.1 Å². The van der Waals surface area contributed by atoms with Gasteiger partial charge in [-0.25, -0.2) is 14.0 Å². The average Bonchev–Trinajstić information content (AvgIpc) is 3.53. The van der Waals surface area contributed by atoms with E-state index in [9.17, 15) is 23.9 Å². The Hall–Kier alpha value is -4.20. The Labute approximate surface area is 194 Å². The standard InChI is InChI=1S/C26H21FN2O5/c27-20-10-5-11-21(22(20)23(30)31)28-24(32)26(12-13-26)29-25(33)34-14-19-17-8-3-1-6-15(17)16-7-2-4-9-18(16)19/h1-11,19H,12-14H2,(H,28,32)(H,29,33)(H,30,31). The lowest BCUT2D eigenvalue weighted by Gasteiger charge is -2.19. The number of rotatable bonds is 6. The van der Waals surface area contributed by atoms with Crippen LogP contribution in [0.3, 0.4) is 0 Å². The first-order valence-corrected chi connectivity index (χ1v) is 10.9. The van der Waals surface area contributed by atoms with Gasteiger partial charge in [0.15, 0.2) is 0 Å². The molecular weight excluding hydrogens is 439 g/mol. The van der Waals surface area contributed by atoms with Crippen LogP contribution in [0.1, 0.15) is 40.2 Å². The zero-order chi connectivity index (χ0) is 23.9. The predicted molar refractivity (Wildman–Crippen MR) is 122 cm³/mol. The molecule has 2 aliphatic rings. The number of carboxylic acid groups (broad SMARTS) is 1. The fourth-order valence-corrected chi connectivity index (χ4v) is 4.45. The molecule has 3 aromatic rings. The average molecular weight is 460 g/mol. The summed E-state index contributed by atoms with van der Waals surface area (Å²) in [5.74, 6) is -3.19. The number of carboxylic acids is 1. The summed E-state index contributed by atoms with van der Waals surface area (Å²) in [6, 6.07) is 19.5. The van der Waals surface area contributed by atoms with Gasteiger partial charge in [0.25, 0.3) is 0 Å². The van der Waals surface area contributed by atoms with E-state index >= 15 is 0 Å².